The largest absolute Gasteiger partial charge is 0.305 e. The van der Waals surface area contributed by atoms with Gasteiger partial charge in [-0.1, -0.05) is 6.92 Å². The van der Waals surface area contributed by atoms with Gasteiger partial charge < -0.3 is 4.90 Å². The molecule has 0 bridgehead atoms. The van der Waals surface area contributed by atoms with Crippen molar-refractivity contribution >= 4 is 28.6 Å². The minimum Gasteiger partial charge on any atom is -0.305 e. The predicted octanol–water partition coefficient (Wildman–Crippen LogP) is 1.11. The van der Waals surface area contributed by atoms with Gasteiger partial charge in [-0.3, -0.25) is 9.69 Å². The smallest absolute Gasteiger partial charge is 0.143 e. The number of halogens is 1. The Hall–Kier alpha value is 0.280. The second-order valence-corrected chi connectivity index (χ2v) is 5.85. The molecule has 0 rings (SSSR count). The number of hydrogen-bond donors (Lipinski definition) is 0. The molecule has 0 heterocycles. The summed E-state index contributed by atoms with van der Waals surface area (Å²) >= 11 is 2.27. The Bertz CT molecular complexity index is 200. The molecule has 0 saturated carbocycles. The minimum atomic E-state index is 0.246. The zero-order chi connectivity index (χ0) is 12.6. The summed E-state index contributed by atoms with van der Waals surface area (Å²) in [7, 11) is 4.15. The van der Waals surface area contributed by atoms with Crippen LogP contribution in [0.5, 0.6) is 0 Å². The van der Waals surface area contributed by atoms with Gasteiger partial charge in [0.05, 0.1) is 6.54 Å². The van der Waals surface area contributed by atoms with Crippen LogP contribution in [0, 0.1) is 0 Å². The van der Waals surface area contributed by atoms with Crippen LogP contribution in [0.4, 0.5) is 0 Å². The lowest BCUT2D eigenvalue weighted by Crippen LogP contribution is -2.39. The standard InChI is InChI=1S/C11H24IN3O/c1-5-13(3)6-8-15(10-11(2)16)9-7-14(4)12/h5-10H2,1-4H3. The van der Waals surface area contributed by atoms with Crippen molar-refractivity contribution in [3.8, 4) is 0 Å². The molecule has 0 aliphatic carbocycles. The molecule has 0 atom stereocenters. The van der Waals surface area contributed by atoms with E-state index in [0.717, 1.165) is 32.7 Å². The normalized spacial score (nSPS) is 11.8. The summed E-state index contributed by atoms with van der Waals surface area (Å²) in [5.41, 5.74) is 0. The summed E-state index contributed by atoms with van der Waals surface area (Å²) in [6.45, 7) is 9.36. The van der Waals surface area contributed by atoms with Crippen molar-refractivity contribution in [1.29, 1.82) is 0 Å². The van der Waals surface area contributed by atoms with Crippen molar-refractivity contribution in [2.75, 3.05) is 53.4 Å². The van der Waals surface area contributed by atoms with Gasteiger partial charge in [0.25, 0.3) is 0 Å². The molecule has 0 spiro atoms. The monoisotopic (exact) mass is 341 g/mol. The van der Waals surface area contributed by atoms with Crippen LogP contribution in [-0.2, 0) is 4.79 Å². The maximum atomic E-state index is 11.1. The molecule has 0 radical (unpaired) electrons. The first-order chi connectivity index (χ1) is 7.45. The Labute approximate surface area is 113 Å². The lowest BCUT2D eigenvalue weighted by Gasteiger charge is -2.24. The van der Waals surface area contributed by atoms with Crippen molar-refractivity contribution in [2.45, 2.75) is 13.8 Å². The Morgan fingerprint density at radius 1 is 1.12 bits per heavy atom. The van der Waals surface area contributed by atoms with Crippen molar-refractivity contribution in [1.82, 2.24) is 12.9 Å². The number of carbonyl (C=O) groups excluding carboxylic acids is 1. The fourth-order valence-electron chi connectivity index (χ4n) is 1.33. The van der Waals surface area contributed by atoms with Crippen LogP contribution in [0.1, 0.15) is 13.8 Å². The van der Waals surface area contributed by atoms with Gasteiger partial charge >= 0.3 is 0 Å². The molecular formula is C11H24IN3O. The number of ketones is 1. The van der Waals surface area contributed by atoms with E-state index < -0.39 is 0 Å². The van der Waals surface area contributed by atoms with Gasteiger partial charge in [-0.15, -0.1) is 0 Å². The van der Waals surface area contributed by atoms with E-state index in [1.807, 2.05) is 7.05 Å². The molecule has 0 aromatic rings. The molecule has 0 N–H and O–H groups in total. The summed E-state index contributed by atoms with van der Waals surface area (Å²) in [5, 5.41) is 0. The summed E-state index contributed by atoms with van der Waals surface area (Å²) in [4.78, 5) is 15.6. The van der Waals surface area contributed by atoms with Gasteiger partial charge in [0, 0.05) is 49.0 Å². The summed E-state index contributed by atoms with van der Waals surface area (Å²) in [6, 6.07) is 0. The Morgan fingerprint density at radius 2 is 1.69 bits per heavy atom. The topological polar surface area (TPSA) is 26.8 Å². The molecular weight excluding hydrogens is 317 g/mol. The molecule has 5 heteroatoms. The van der Waals surface area contributed by atoms with Crippen molar-refractivity contribution < 1.29 is 4.79 Å². The van der Waals surface area contributed by atoms with Crippen LogP contribution in [0.25, 0.3) is 0 Å². The van der Waals surface area contributed by atoms with E-state index in [4.69, 9.17) is 0 Å². The molecule has 0 fully saturated rings. The van der Waals surface area contributed by atoms with E-state index in [9.17, 15) is 4.79 Å². The van der Waals surface area contributed by atoms with Crippen molar-refractivity contribution in [3.05, 3.63) is 0 Å². The summed E-state index contributed by atoms with van der Waals surface area (Å²) in [6.07, 6.45) is 0. The lowest BCUT2D eigenvalue weighted by molar-refractivity contribution is -0.118. The first-order valence-electron chi connectivity index (χ1n) is 5.73. The number of likely N-dealkylation sites (N-methyl/N-ethyl adjacent to an activating group) is 2. The maximum absolute atomic E-state index is 11.1. The van der Waals surface area contributed by atoms with E-state index in [1.165, 1.54) is 0 Å². The van der Waals surface area contributed by atoms with Crippen molar-refractivity contribution in [2.24, 2.45) is 0 Å². The van der Waals surface area contributed by atoms with Gasteiger partial charge in [0.2, 0.25) is 0 Å². The first-order valence-corrected chi connectivity index (χ1v) is 6.69. The van der Waals surface area contributed by atoms with Crippen molar-refractivity contribution in [3.63, 3.8) is 0 Å². The zero-order valence-electron chi connectivity index (χ0n) is 10.9. The molecule has 96 valence electrons. The average Bonchev–Trinajstić information content (AvgIpc) is 2.20. The molecule has 0 unspecified atom stereocenters. The minimum absolute atomic E-state index is 0.246. The summed E-state index contributed by atoms with van der Waals surface area (Å²) < 4.78 is 2.12. The number of nitrogens with zero attached hydrogens (tertiary/aromatic N) is 3. The number of rotatable bonds is 9. The zero-order valence-corrected chi connectivity index (χ0v) is 13.0. The van der Waals surface area contributed by atoms with E-state index in [0.29, 0.717) is 6.54 Å². The van der Waals surface area contributed by atoms with Gasteiger partial charge in [0.15, 0.2) is 0 Å². The van der Waals surface area contributed by atoms with Crippen LogP contribution >= 0.6 is 22.9 Å². The summed E-state index contributed by atoms with van der Waals surface area (Å²) in [5.74, 6) is 0.246. The van der Waals surface area contributed by atoms with Gasteiger partial charge in [0.1, 0.15) is 5.78 Å². The van der Waals surface area contributed by atoms with Crippen LogP contribution in [0.2, 0.25) is 0 Å². The highest BCUT2D eigenvalue weighted by molar-refractivity contribution is 14.1. The van der Waals surface area contributed by atoms with E-state index in [1.54, 1.807) is 6.92 Å². The molecule has 0 aliphatic heterocycles. The van der Waals surface area contributed by atoms with Crippen LogP contribution in [-0.4, -0.2) is 72.1 Å². The number of Topliss-reactive ketones (excluding diaryl/α,β-unsaturated/α-hetero) is 1. The Balaban J connectivity index is 3.94. The molecule has 16 heavy (non-hydrogen) atoms. The molecule has 0 aliphatic rings. The SMILES string of the molecule is CCN(C)CCN(CCN(C)I)CC(C)=O. The quantitative estimate of drug-likeness (QED) is 0.464. The third kappa shape index (κ3) is 9.50. The van der Waals surface area contributed by atoms with E-state index in [-0.39, 0.29) is 5.78 Å². The van der Waals surface area contributed by atoms with Gasteiger partial charge in [-0.2, -0.15) is 0 Å². The average molecular weight is 341 g/mol. The predicted molar refractivity (Wildman–Crippen MR) is 76.9 cm³/mol. The number of carbonyl (C=O) groups is 1. The fourth-order valence-corrected chi connectivity index (χ4v) is 1.55. The Kier molecular flexibility index (Phi) is 9.49. The maximum Gasteiger partial charge on any atom is 0.143 e. The van der Waals surface area contributed by atoms with E-state index in [2.05, 4.69) is 49.7 Å². The number of hydrogen-bond acceptors (Lipinski definition) is 4. The third-order valence-corrected chi connectivity index (χ3v) is 2.99. The highest BCUT2D eigenvalue weighted by atomic mass is 127. The molecule has 4 nitrogen and oxygen atoms in total. The molecule has 0 aromatic carbocycles. The van der Waals surface area contributed by atoms with Gasteiger partial charge in [-0.05, 0) is 27.6 Å². The van der Waals surface area contributed by atoms with Crippen LogP contribution in [0.15, 0.2) is 0 Å². The van der Waals surface area contributed by atoms with Gasteiger partial charge in [-0.25, -0.2) is 3.11 Å². The Morgan fingerprint density at radius 3 is 2.12 bits per heavy atom. The molecule has 0 aromatic heterocycles. The van der Waals surface area contributed by atoms with Crippen LogP contribution in [0.3, 0.4) is 0 Å². The fraction of sp³-hybridized carbons (Fsp3) is 0.909. The second kappa shape index (κ2) is 9.32. The molecule has 0 amide bonds. The van der Waals surface area contributed by atoms with Crippen LogP contribution < -0.4 is 0 Å². The highest BCUT2D eigenvalue weighted by Gasteiger charge is 2.08. The first kappa shape index (κ1) is 16.3. The third-order valence-electron chi connectivity index (χ3n) is 2.51. The highest BCUT2D eigenvalue weighted by Crippen LogP contribution is 1.96. The van der Waals surface area contributed by atoms with E-state index >= 15 is 0 Å². The second-order valence-electron chi connectivity index (χ2n) is 4.20. The lowest BCUT2D eigenvalue weighted by atomic mass is 10.3. The molecule has 0 saturated heterocycles.